The fraction of sp³-hybridized carbons (Fsp3) is 0.785. The Bertz CT molecular complexity index is 1570. The number of aliphatic hydroxyl groups is 2. The second-order valence-electron chi connectivity index (χ2n) is 21.3. The van der Waals surface area contributed by atoms with Crippen LogP contribution in [0.4, 0.5) is 0 Å². The number of esters is 3. The van der Waals surface area contributed by atoms with Crippen LogP contribution in [0.5, 0.6) is 0 Å². The lowest BCUT2D eigenvalue weighted by Crippen LogP contribution is -2.61. The van der Waals surface area contributed by atoms with E-state index in [-0.39, 0.29) is 25.9 Å². The minimum Gasteiger partial charge on any atom is -0.479 e. The van der Waals surface area contributed by atoms with Crippen LogP contribution in [0.3, 0.4) is 0 Å². The summed E-state index contributed by atoms with van der Waals surface area (Å²) in [5, 5.41) is 31.5. The largest absolute Gasteiger partial charge is 0.479 e. The highest BCUT2D eigenvalue weighted by Gasteiger charge is 2.50. The first-order valence-corrected chi connectivity index (χ1v) is 31.3. The molecule has 1 heterocycles. The second kappa shape index (κ2) is 53.1. The highest BCUT2D eigenvalue weighted by atomic mass is 16.7. The maximum absolute atomic E-state index is 13.1. The topological polar surface area (TPSA) is 175 Å². The van der Waals surface area contributed by atoms with Crippen molar-refractivity contribution in [1.82, 2.24) is 0 Å². The molecule has 0 radical (unpaired) electrons. The van der Waals surface area contributed by atoms with E-state index >= 15 is 0 Å². The van der Waals surface area contributed by atoms with Gasteiger partial charge in [0.1, 0.15) is 18.8 Å². The van der Waals surface area contributed by atoms with Gasteiger partial charge in [-0.2, -0.15) is 0 Å². The zero-order chi connectivity index (χ0) is 56.1. The molecule has 0 aliphatic carbocycles. The number of unbranched alkanes of at least 4 members (excludes halogenated alkanes) is 29. The third kappa shape index (κ3) is 43.0. The molecule has 1 aliphatic rings. The van der Waals surface area contributed by atoms with E-state index in [0.29, 0.717) is 19.3 Å². The third-order valence-corrected chi connectivity index (χ3v) is 14.1. The van der Waals surface area contributed by atoms with E-state index in [1.807, 2.05) is 0 Å². The Hall–Kier alpha value is -3.58. The molecule has 12 nitrogen and oxygen atoms in total. The summed E-state index contributed by atoms with van der Waals surface area (Å²) in [6.07, 6.45) is 53.4. The summed E-state index contributed by atoms with van der Waals surface area (Å²) in [6, 6.07) is 0. The Balaban J connectivity index is 2.60. The van der Waals surface area contributed by atoms with Crippen molar-refractivity contribution < 1.29 is 58.2 Å². The van der Waals surface area contributed by atoms with Crippen LogP contribution < -0.4 is 0 Å². The molecule has 3 N–H and O–H groups in total. The van der Waals surface area contributed by atoms with E-state index in [2.05, 4.69) is 81.5 Å². The van der Waals surface area contributed by atoms with Crippen molar-refractivity contribution in [3.63, 3.8) is 0 Å². The molecule has 0 aromatic rings. The fourth-order valence-electron chi connectivity index (χ4n) is 9.30. The number of rotatable bonds is 53. The van der Waals surface area contributed by atoms with Gasteiger partial charge in [0.25, 0.3) is 0 Å². The van der Waals surface area contributed by atoms with Gasteiger partial charge in [0.2, 0.25) is 0 Å². The second-order valence-corrected chi connectivity index (χ2v) is 21.3. The van der Waals surface area contributed by atoms with Crippen molar-refractivity contribution in [3.05, 3.63) is 60.8 Å². The van der Waals surface area contributed by atoms with Gasteiger partial charge in [0.15, 0.2) is 24.6 Å². The number of aliphatic carboxylic acids is 1. The number of carboxylic acid groups (broad SMARTS) is 1. The highest BCUT2D eigenvalue weighted by molar-refractivity contribution is 5.74. The van der Waals surface area contributed by atoms with Gasteiger partial charge < -0.3 is 39.0 Å². The first kappa shape index (κ1) is 71.4. The number of hydrogen-bond acceptors (Lipinski definition) is 11. The predicted octanol–water partition coefficient (Wildman–Crippen LogP) is 16.3. The summed E-state index contributed by atoms with van der Waals surface area (Å²) in [7, 11) is 0. The van der Waals surface area contributed by atoms with Gasteiger partial charge in [0, 0.05) is 19.3 Å². The molecule has 0 aromatic heterocycles. The van der Waals surface area contributed by atoms with Gasteiger partial charge >= 0.3 is 23.9 Å². The molecule has 0 spiro atoms. The maximum atomic E-state index is 13.1. The lowest BCUT2D eigenvalue weighted by atomic mass is 9.98. The van der Waals surface area contributed by atoms with Crippen molar-refractivity contribution in [2.45, 2.75) is 314 Å². The Kier molecular flexibility index (Phi) is 49.2. The quantitative estimate of drug-likeness (QED) is 0.0228. The van der Waals surface area contributed by atoms with E-state index < -0.39 is 67.3 Å². The number of hydrogen-bond donors (Lipinski definition) is 3. The van der Waals surface area contributed by atoms with Gasteiger partial charge in [-0.25, -0.2) is 4.79 Å². The minimum absolute atomic E-state index is 0.0580. The summed E-state index contributed by atoms with van der Waals surface area (Å²) < 4.78 is 28.4. The average molecular weight is 1090 g/mol. The first-order chi connectivity index (χ1) is 37.6. The number of aliphatic hydroxyl groups excluding tert-OH is 2. The van der Waals surface area contributed by atoms with Gasteiger partial charge in [-0.15, -0.1) is 0 Å². The highest BCUT2D eigenvalue weighted by Crippen LogP contribution is 2.27. The molecular formula is C65H112O12. The number of carboxylic acids is 1. The SMILES string of the molecule is CC/C=C\C/C=C\C/C=C\C/C=C\CCCCCCCCC(=O)OCC(COC1OC(C(=O)O)C(O)C(O)C1OC(=O)CCCCCCCCCCC/C=C\CCCCCCCC)OC(=O)CCCCCCCCCCC. The predicted molar refractivity (Wildman–Crippen MR) is 312 cm³/mol. The average Bonchev–Trinajstić information content (AvgIpc) is 3.42. The van der Waals surface area contributed by atoms with Gasteiger partial charge in [-0.05, 0) is 83.5 Å². The van der Waals surface area contributed by atoms with Gasteiger partial charge in [-0.3, -0.25) is 14.4 Å². The lowest BCUT2D eigenvalue weighted by molar-refractivity contribution is -0.301. The van der Waals surface area contributed by atoms with Crippen LogP contribution in [0.1, 0.15) is 278 Å². The summed E-state index contributed by atoms with van der Waals surface area (Å²) in [6.45, 7) is 5.86. The standard InChI is InChI=1S/C65H112O12/c1-4-7-10-13-16-19-21-23-25-27-29-31-33-35-37-40-42-45-48-51-57(66)73-54-56(75-58(67)52-49-46-43-39-18-15-12-9-6-3)55-74-65-63(61(70)60(69)62(77-65)64(71)72)76-59(68)53-50-47-44-41-38-36-34-32-30-28-26-24-22-20-17-14-11-8-5-2/h7,10,16,19,23-26,29,31,56,60-63,65,69-70H,4-6,8-9,11-15,17-18,20-22,27-28,30,32-55H2,1-3H3,(H,71,72)/b10-7-,19-16-,25-23-,26-24-,31-29-. The van der Waals surface area contributed by atoms with Crippen LogP contribution in [0.2, 0.25) is 0 Å². The van der Waals surface area contributed by atoms with E-state index in [9.17, 15) is 34.5 Å². The van der Waals surface area contributed by atoms with Crippen LogP contribution in [-0.4, -0.2) is 89.2 Å². The van der Waals surface area contributed by atoms with Crippen LogP contribution in [-0.2, 0) is 42.9 Å². The van der Waals surface area contributed by atoms with Crippen LogP contribution in [0.15, 0.2) is 60.8 Å². The van der Waals surface area contributed by atoms with E-state index in [1.165, 1.54) is 103 Å². The molecule has 0 amide bonds. The zero-order valence-corrected chi connectivity index (χ0v) is 49.0. The lowest BCUT2D eigenvalue weighted by Gasteiger charge is -2.40. The third-order valence-electron chi connectivity index (χ3n) is 14.1. The number of allylic oxidation sites excluding steroid dienone is 10. The van der Waals surface area contributed by atoms with Crippen LogP contribution >= 0.6 is 0 Å². The Morgan fingerprint density at radius 1 is 0.442 bits per heavy atom. The normalized spacial score (nSPS) is 18.4. The van der Waals surface area contributed by atoms with Gasteiger partial charge in [0.05, 0.1) is 6.61 Å². The molecule has 0 saturated carbocycles. The van der Waals surface area contributed by atoms with E-state index in [0.717, 1.165) is 116 Å². The Labute approximate surface area is 468 Å². The molecule has 0 bridgehead atoms. The zero-order valence-electron chi connectivity index (χ0n) is 49.0. The molecule has 77 heavy (non-hydrogen) atoms. The summed E-state index contributed by atoms with van der Waals surface area (Å²) in [5.41, 5.74) is 0. The number of carbonyl (C=O) groups excluding carboxylic acids is 3. The van der Waals surface area contributed by atoms with Crippen LogP contribution in [0, 0.1) is 0 Å². The van der Waals surface area contributed by atoms with Crippen LogP contribution in [0.25, 0.3) is 0 Å². The van der Waals surface area contributed by atoms with Crippen molar-refractivity contribution in [1.29, 1.82) is 0 Å². The van der Waals surface area contributed by atoms with Crippen molar-refractivity contribution >= 4 is 23.9 Å². The smallest absolute Gasteiger partial charge is 0.335 e. The molecule has 6 unspecified atom stereocenters. The molecule has 444 valence electrons. The fourth-order valence-corrected chi connectivity index (χ4v) is 9.30. The summed E-state index contributed by atoms with van der Waals surface area (Å²) in [5.74, 6) is -3.13. The molecule has 6 atom stereocenters. The molecule has 1 aliphatic heterocycles. The number of carbonyl (C=O) groups is 4. The van der Waals surface area contributed by atoms with Gasteiger partial charge in [-0.1, -0.05) is 236 Å². The Morgan fingerprint density at radius 3 is 1.26 bits per heavy atom. The molecule has 1 fully saturated rings. The monoisotopic (exact) mass is 1080 g/mol. The Morgan fingerprint density at radius 2 is 0.818 bits per heavy atom. The van der Waals surface area contributed by atoms with Crippen molar-refractivity contribution in [3.8, 4) is 0 Å². The molecular weight excluding hydrogens is 973 g/mol. The summed E-state index contributed by atoms with van der Waals surface area (Å²) >= 11 is 0. The number of ether oxygens (including phenoxy) is 5. The van der Waals surface area contributed by atoms with E-state index in [1.54, 1.807) is 0 Å². The molecule has 1 saturated heterocycles. The van der Waals surface area contributed by atoms with Crippen molar-refractivity contribution in [2.75, 3.05) is 13.2 Å². The first-order valence-electron chi connectivity index (χ1n) is 31.3. The summed E-state index contributed by atoms with van der Waals surface area (Å²) in [4.78, 5) is 51.1. The minimum atomic E-state index is -1.90. The molecule has 0 aromatic carbocycles. The molecule has 12 heteroatoms. The van der Waals surface area contributed by atoms with Crippen molar-refractivity contribution in [2.24, 2.45) is 0 Å². The van der Waals surface area contributed by atoms with E-state index in [4.69, 9.17) is 23.7 Å². The maximum Gasteiger partial charge on any atom is 0.335 e. The molecule has 1 rings (SSSR count).